The quantitative estimate of drug-likeness (QED) is 0.810. The van der Waals surface area contributed by atoms with Gasteiger partial charge in [0.05, 0.1) is 0 Å². The standard InChI is InChI=1S/C21H30N4O3/c1-2-22-21(28)25-14-10-16(11-15-25)18(20(27)24-12-6-7-13-24)23-19(26)17-8-4-3-5-9-17/h3-5,8-9,16,18H,2,6-7,10-15H2,1H3,(H,22,28)(H,23,26)/t18-/m0/s1. The van der Waals surface area contributed by atoms with Crippen LogP contribution in [0, 0.1) is 5.92 Å². The Labute approximate surface area is 166 Å². The molecule has 28 heavy (non-hydrogen) atoms. The summed E-state index contributed by atoms with van der Waals surface area (Å²) >= 11 is 0. The first-order valence-corrected chi connectivity index (χ1v) is 10.3. The third kappa shape index (κ3) is 4.82. The van der Waals surface area contributed by atoms with Crippen molar-refractivity contribution in [2.75, 3.05) is 32.7 Å². The fourth-order valence-corrected chi connectivity index (χ4v) is 4.03. The predicted octanol–water partition coefficient (Wildman–Crippen LogP) is 1.85. The molecule has 2 aliphatic rings. The molecular formula is C21H30N4O3. The first-order chi connectivity index (χ1) is 13.6. The van der Waals surface area contributed by atoms with E-state index in [2.05, 4.69) is 10.6 Å². The van der Waals surface area contributed by atoms with E-state index in [0.717, 1.165) is 25.9 Å². The van der Waals surface area contributed by atoms with Crippen LogP contribution in [0.2, 0.25) is 0 Å². The van der Waals surface area contributed by atoms with Crippen molar-refractivity contribution in [2.45, 2.75) is 38.6 Å². The molecule has 0 unspecified atom stereocenters. The molecule has 0 saturated carbocycles. The molecule has 2 heterocycles. The average Bonchev–Trinajstić information content (AvgIpc) is 3.27. The number of carbonyl (C=O) groups excluding carboxylic acids is 3. The zero-order chi connectivity index (χ0) is 19.9. The maximum Gasteiger partial charge on any atom is 0.317 e. The smallest absolute Gasteiger partial charge is 0.317 e. The maximum absolute atomic E-state index is 13.1. The summed E-state index contributed by atoms with van der Waals surface area (Å²) in [4.78, 5) is 41.6. The van der Waals surface area contributed by atoms with Gasteiger partial charge in [0.1, 0.15) is 6.04 Å². The highest BCUT2D eigenvalue weighted by molar-refractivity contribution is 5.97. The Balaban J connectivity index is 1.69. The number of nitrogens with zero attached hydrogens (tertiary/aromatic N) is 2. The predicted molar refractivity (Wildman–Crippen MR) is 107 cm³/mol. The molecule has 2 N–H and O–H groups in total. The summed E-state index contributed by atoms with van der Waals surface area (Å²) in [6, 6.07) is 8.41. The number of hydrogen-bond donors (Lipinski definition) is 2. The number of amides is 4. The van der Waals surface area contributed by atoms with E-state index >= 15 is 0 Å². The van der Waals surface area contributed by atoms with Crippen molar-refractivity contribution < 1.29 is 14.4 Å². The second kappa shape index (κ2) is 9.57. The monoisotopic (exact) mass is 386 g/mol. The van der Waals surface area contributed by atoms with Gasteiger partial charge < -0.3 is 20.4 Å². The van der Waals surface area contributed by atoms with Crippen LogP contribution in [0.15, 0.2) is 30.3 Å². The van der Waals surface area contributed by atoms with Gasteiger partial charge >= 0.3 is 6.03 Å². The summed E-state index contributed by atoms with van der Waals surface area (Å²) in [6.07, 6.45) is 3.44. The maximum atomic E-state index is 13.1. The number of benzene rings is 1. The van der Waals surface area contributed by atoms with Crippen molar-refractivity contribution in [3.05, 3.63) is 35.9 Å². The van der Waals surface area contributed by atoms with Crippen molar-refractivity contribution in [3.63, 3.8) is 0 Å². The summed E-state index contributed by atoms with van der Waals surface area (Å²) in [7, 11) is 0. The summed E-state index contributed by atoms with van der Waals surface area (Å²) in [5.74, 6) is -0.172. The van der Waals surface area contributed by atoms with E-state index in [1.807, 2.05) is 30.0 Å². The summed E-state index contributed by atoms with van der Waals surface area (Å²) in [5.41, 5.74) is 0.557. The first-order valence-electron chi connectivity index (χ1n) is 10.3. The van der Waals surface area contributed by atoms with E-state index < -0.39 is 6.04 Å². The lowest BCUT2D eigenvalue weighted by Gasteiger charge is -2.37. The van der Waals surface area contributed by atoms with Gasteiger partial charge in [-0.25, -0.2) is 4.79 Å². The SMILES string of the molecule is CCNC(=O)N1CCC([C@H](NC(=O)c2ccccc2)C(=O)N2CCCC2)CC1. The van der Waals surface area contributed by atoms with Crippen molar-refractivity contribution in [1.82, 2.24) is 20.4 Å². The van der Waals surface area contributed by atoms with Crippen molar-refractivity contribution >= 4 is 17.8 Å². The van der Waals surface area contributed by atoms with Crippen molar-refractivity contribution in [3.8, 4) is 0 Å². The molecule has 152 valence electrons. The molecule has 7 nitrogen and oxygen atoms in total. The van der Waals surface area contributed by atoms with Gasteiger partial charge in [-0.05, 0) is 50.7 Å². The third-order valence-corrected chi connectivity index (χ3v) is 5.63. The Morgan fingerprint density at radius 1 is 1.00 bits per heavy atom. The van der Waals surface area contributed by atoms with E-state index in [-0.39, 0.29) is 23.8 Å². The first kappa shape index (κ1) is 20.2. The zero-order valence-electron chi connectivity index (χ0n) is 16.5. The van der Waals surface area contributed by atoms with Crippen LogP contribution in [0.1, 0.15) is 43.0 Å². The molecule has 1 aromatic rings. The number of carbonyl (C=O) groups is 3. The molecule has 0 aromatic heterocycles. The lowest BCUT2D eigenvalue weighted by atomic mass is 9.88. The minimum absolute atomic E-state index is 0.0123. The number of likely N-dealkylation sites (tertiary alicyclic amines) is 2. The molecule has 2 aliphatic heterocycles. The van der Waals surface area contributed by atoms with Gasteiger partial charge in [-0.2, -0.15) is 0 Å². The molecular weight excluding hydrogens is 356 g/mol. The largest absolute Gasteiger partial charge is 0.341 e. The number of piperidine rings is 1. The Kier molecular flexibility index (Phi) is 6.90. The van der Waals surface area contributed by atoms with Crippen LogP contribution in [0.4, 0.5) is 4.79 Å². The molecule has 3 rings (SSSR count). The van der Waals surface area contributed by atoms with Gasteiger partial charge in [-0.3, -0.25) is 9.59 Å². The van der Waals surface area contributed by atoms with Crippen molar-refractivity contribution in [2.24, 2.45) is 5.92 Å². The van der Waals surface area contributed by atoms with E-state index in [1.54, 1.807) is 17.0 Å². The second-order valence-corrected chi connectivity index (χ2v) is 7.51. The summed E-state index contributed by atoms with van der Waals surface area (Å²) in [6.45, 7) is 5.21. The van der Waals surface area contributed by atoms with Crippen LogP contribution in [-0.4, -0.2) is 66.4 Å². The fraction of sp³-hybridized carbons (Fsp3) is 0.571. The van der Waals surface area contributed by atoms with Crippen LogP contribution in [-0.2, 0) is 4.79 Å². The third-order valence-electron chi connectivity index (χ3n) is 5.63. The number of rotatable bonds is 5. The molecule has 7 heteroatoms. The van der Waals surface area contributed by atoms with Crippen LogP contribution in [0.25, 0.3) is 0 Å². The Morgan fingerprint density at radius 3 is 2.25 bits per heavy atom. The number of urea groups is 1. The topological polar surface area (TPSA) is 81.8 Å². The van der Waals surface area contributed by atoms with E-state index in [0.29, 0.717) is 38.0 Å². The molecule has 0 radical (unpaired) electrons. The Bertz CT molecular complexity index is 680. The zero-order valence-corrected chi connectivity index (χ0v) is 16.5. The van der Waals surface area contributed by atoms with Gasteiger partial charge in [-0.15, -0.1) is 0 Å². The number of nitrogens with one attached hydrogen (secondary N) is 2. The molecule has 1 aromatic carbocycles. The molecule has 2 fully saturated rings. The highest BCUT2D eigenvalue weighted by atomic mass is 16.2. The molecule has 0 bridgehead atoms. The molecule has 2 saturated heterocycles. The Morgan fingerprint density at radius 2 is 1.64 bits per heavy atom. The van der Waals surface area contributed by atoms with Crippen LogP contribution in [0.5, 0.6) is 0 Å². The summed E-state index contributed by atoms with van der Waals surface area (Å²) < 4.78 is 0. The average molecular weight is 386 g/mol. The van der Waals surface area contributed by atoms with Crippen LogP contribution < -0.4 is 10.6 Å². The van der Waals surface area contributed by atoms with Crippen molar-refractivity contribution in [1.29, 1.82) is 0 Å². The van der Waals surface area contributed by atoms with Gasteiger partial charge in [0.2, 0.25) is 5.91 Å². The van der Waals surface area contributed by atoms with Gasteiger partial charge in [-0.1, -0.05) is 18.2 Å². The minimum atomic E-state index is -0.540. The molecule has 0 aliphatic carbocycles. The van der Waals surface area contributed by atoms with Gasteiger partial charge in [0.25, 0.3) is 5.91 Å². The van der Waals surface area contributed by atoms with Crippen LogP contribution in [0.3, 0.4) is 0 Å². The summed E-state index contributed by atoms with van der Waals surface area (Å²) in [5, 5.41) is 5.82. The fourth-order valence-electron chi connectivity index (χ4n) is 4.03. The van der Waals surface area contributed by atoms with Crippen LogP contribution >= 0.6 is 0 Å². The Hall–Kier alpha value is -2.57. The highest BCUT2D eigenvalue weighted by Crippen LogP contribution is 2.24. The van der Waals surface area contributed by atoms with Gasteiger partial charge in [0.15, 0.2) is 0 Å². The highest BCUT2D eigenvalue weighted by Gasteiger charge is 2.36. The molecule has 4 amide bonds. The molecule has 1 atom stereocenters. The van der Waals surface area contributed by atoms with E-state index in [1.165, 1.54) is 0 Å². The molecule has 0 spiro atoms. The van der Waals surface area contributed by atoms with Gasteiger partial charge in [0, 0.05) is 38.3 Å². The second-order valence-electron chi connectivity index (χ2n) is 7.51. The lowest BCUT2D eigenvalue weighted by molar-refractivity contribution is -0.134. The number of hydrogen-bond acceptors (Lipinski definition) is 3. The normalized spacial score (nSPS) is 18.6. The van der Waals surface area contributed by atoms with E-state index in [4.69, 9.17) is 0 Å². The van der Waals surface area contributed by atoms with E-state index in [9.17, 15) is 14.4 Å². The lowest BCUT2D eigenvalue weighted by Crippen LogP contribution is -2.55. The minimum Gasteiger partial charge on any atom is -0.341 e.